The zero-order valence-electron chi connectivity index (χ0n) is 14.3. The topological polar surface area (TPSA) is 60.9 Å². The van der Waals surface area contributed by atoms with E-state index in [1.165, 1.54) is 0 Å². The van der Waals surface area contributed by atoms with Crippen LogP contribution in [-0.2, 0) is 9.59 Å². The molecule has 7 heteroatoms. The lowest BCUT2D eigenvalue weighted by Gasteiger charge is -2.36. The van der Waals surface area contributed by atoms with Crippen molar-refractivity contribution in [2.24, 2.45) is 5.92 Å². The number of amides is 3. The summed E-state index contributed by atoms with van der Waals surface area (Å²) in [5, 5.41) is 0.533. The first-order chi connectivity index (χ1) is 12.0. The van der Waals surface area contributed by atoms with Crippen molar-refractivity contribution in [1.82, 2.24) is 14.7 Å². The van der Waals surface area contributed by atoms with Gasteiger partial charge in [0.2, 0.25) is 11.8 Å². The highest BCUT2D eigenvalue weighted by atomic mass is 35.5. The van der Waals surface area contributed by atoms with Crippen LogP contribution in [0.2, 0.25) is 5.02 Å². The van der Waals surface area contributed by atoms with Gasteiger partial charge >= 0.3 is 0 Å². The Kier molecular flexibility index (Phi) is 5.27. The van der Waals surface area contributed by atoms with Gasteiger partial charge < -0.3 is 14.7 Å². The Hall–Kier alpha value is -2.08. The number of hydrogen-bond acceptors (Lipinski definition) is 3. The summed E-state index contributed by atoms with van der Waals surface area (Å²) in [4.78, 5) is 42.2. The maximum atomic E-state index is 12.6. The fraction of sp³-hybridized carbons (Fsp3) is 0.500. The van der Waals surface area contributed by atoms with Crippen LogP contribution < -0.4 is 0 Å². The van der Waals surface area contributed by atoms with E-state index in [1.54, 1.807) is 39.0 Å². The highest BCUT2D eigenvalue weighted by molar-refractivity contribution is 6.30. The molecular weight excluding hydrogens is 342 g/mol. The molecule has 1 atom stereocenters. The molecule has 0 spiro atoms. The summed E-state index contributed by atoms with van der Waals surface area (Å²) >= 11 is 5.95. The minimum Gasteiger partial charge on any atom is -0.342 e. The fourth-order valence-electron chi connectivity index (χ4n) is 3.44. The summed E-state index contributed by atoms with van der Waals surface area (Å²) in [5.41, 5.74) is 0.562. The fourth-order valence-corrected chi connectivity index (χ4v) is 3.63. The molecule has 3 rings (SSSR count). The monoisotopic (exact) mass is 363 g/mol. The molecular formula is C18H22ClN3O3. The highest BCUT2D eigenvalue weighted by Crippen LogP contribution is 2.21. The smallest absolute Gasteiger partial charge is 0.254 e. The molecule has 0 unspecified atom stereocenters. The largest absolute Gasteiger partial charge is 0.342 e. The number of benzene rings is 1. The van der Waals surface area contributed by atoms with E-state index in [1.807, 2.05) is 6.92 Å². The summed E-state index contributed by atoms with van der Waals surface area (Å²) in [6, 6.07) is 6.89. The third-order valence-electron chi connectivity index (χ3n) is 4.90. The molecule has 0 saturated carbocycles. The molecule has 1 aromatic carbocycles. The van der Waals surface area contributed by atoms with Gasteiger partial charge in [-0.1, -0.05) is 17.7 Å². The Morgan fingerprint density at radius 1 is 1.16 bits per heavy atom. The minimum absolute atomic E-state index is 0.0270. The van der Waals surface area contributed by atoms with E-state index in [4.69, 9.17) is 11.6 Å². The number of likely N-dealkylation sites (tertiary alicyclic amines) is 1. The van der Waals surface area contributed by atoms with Crippen LogP contribution in [0.15, 0.2) is 24.3 Å². The first-order valence-corrected chi connectivity index (χ1v) is 8.98. The second kappa shape index (κ2) is 7.44. The molecule has 2 aliphatic rings. The second-order valence-corrected chi connectivity index (χ2v) is 6.90. The van der Waals surface area contributed by atoms with Crippen LogP contribution in [0.25, 0.3) is 0 Å². The maximum absolute atomic E-state index is 12.6. The molecule has 0 bridgehead atoms. The van der Waals surface area contributed by atoms with Crippen molar-refractivity contribution in [3.05, 3.63) is 34.9 Å². The Morgan fingerprint density at radius 2 is 1.84 bits per heavy atom. The van der Waals surface area contributed by atoms with Crippen molar-refractivity contribution in [3.63, 3.8) is 0 Å². The predicted molar refractivity (Wildman–Crippen MR) is 94.3 cm³/mol. The summed E-state index contributed by atoms with van der Waals surface area (Å²) in [7, 11) is 0. The molecule has 6 nitrogen and oxygen atoms in total. The molecule has 0 aromatic heterocycles. The Labute approximate surface area is 152 Å². The Morgan fingerprint density at radius 3 is 2.44 bits per heavy atom. The minimum atomic E-state index is -0.248. The summed E-state index contributed by atoms with van der Waals surface area (Å²) in [6.45, 7) is 5.07. The van der Waals surface area contributed by atoms with E-state index in [0.29, 0.717) is 56.3 Å². The lowest BCUT2D eigenvalue weighted by molar-refractivity contribution is -0.137. The predicted octanol–water partition coefficient (Wildman–Crippen LogP) is 1.49. The molecule has 0 aliphatic carbocycles. The van der Waals surface area contributed by atoms with Crippen LogP contribution in [0, 0.1) is 5.92 Å². The van der Waals surface area contributed by atoms with E-state index < -0.39 is 0 Å². The van der Waals surface area contributed by atoms with E-state index in [0.717, 1.165) is 0 Å². The van der Waals surface area contributed by atoms with Crippen molar-refractivity contribution < 1.29 is 14.4 Å². The summed E-state index contributed by atoms with van der Waals surface area (Å²) in [5.74, 6) is -0.236. The first-order valence-electron chi connectivity index (χ1n) is 8.61. The maximum Gasteiger partial charge on any atom is 0.254 e. The molecule has 0 radical (unpaired) electrons. The molecule has 0 N–H and O–H groups in total. The zero-order valence-corrected chi connectivity index (χ0v) is 15.0. The zero-order chi connectivity index (χ0) is 18.0. The molecule has 2 fully saturated rings. The molecule has 1 aromatic rings. The number of piperazine rings is 1. The number of rotatable bonds is 3. The average Bonchev–Trinajstić information content (AvgIpc) is 3.01. The van der Waals surface area contributed by atoms with Crippen molar-refractivity contribution in [3.8, 4) is 0 Å². The highest BCUT2D eigenvalue weighted by Gasteiger charge is 2.36. The quantitative estimate of drug-likeness (QED) is 0.817. The van der Waals surface area contributed by atoms with Gasteiger partial charge in [0, 0.05) is 56.3 Å². The van der Waals surface area contributed by atoms with Gasteiger partial charge in [0.05, 0.1) is 5.92 Å². The number of hydrogen-bond donors (Lipinski definition) is 0. The molecule has 134 valence electrons. The van der Waals surface area contributed by atoms with Crippen LogP contribution >= 0.6 is 11.6 Å². The molecule has 2 saturated heterocycles. The van der Waals surface area contributed by atoms with Gasteiger partial charge in [0.15, 0.2) is 0 Å². The number of nitrogens with zero attached hydrogens (tertiary/aromatic N) is 3. The second-order valence-electron chi connectivity index (χ2n) is 6.46. The summed E-state index contributed by atoms with van der Waals surface area (Å²) < 4.78 is 0. The van der Waals surface area contributed by atoms with E-state index in [9.17, 15) is 14.4 Å². The number of carbonyl (C=O) groups is 3. The standard InChI is InChI=1S/C18H22ClN3O3/c1-2-20-12-14(11-16(20)23)18(25)22-8-6-21(7-9-22)17(24)13-4-3-5-15(19)10-13/h3-5,10,14H,2,6-9,11-12H2,1H3/t14-/m0/s1. The van der Waals surface area contributed by atoms with Crippen LogP contribution in [0.3, 0.4) is 0 Å². The van der Waals surface area contributed by atoms with Gasteiger partial charge in [-0.2, -0.15) is 0 Å². The Balaban J connectivity index is 1.56. The third-order valence-corrected chi connectivity index (χ3v) is 5.13. The van der Waals surface area contributed by atoms with Gasteiger partial charge in [-0.05, 0) is 25.1 Å². The van der Waals surface area contributed by atoms with Gasteiger partial charge in [-0.25, -0.2) is 0 Å². The van der Waals surface area contributed by atoms with Gasteiger partial charge in [-0.3, -0.25) is 14.4 Å². The van der Waals surface area contributed by atoms with Crippen LogP contribution in [0.5, 0.6) is 0 Å². The number of carbonyl (C=O) groups excluding carboxylic acids is 3. The Bertz CT molecular complexity index is 686. The van der Waals surface area contributed by atoms with Crippen LogP contribution in [-0.4, -0.2) is 71.7 Å². The normalized spacial score (nSPS) is 21.0. The molecule has 3 amide bonds. The lowest BCUT2D eigenvalue weighted by Crippen LogP contribution is -2.52. The van der Waals surface area contributed by atoms with Crippen LogP contribution in [0.4, 0.5) is 0 Å². The molecule has 25 heavy (non-hydrogen) atoms. The van der Waals surface area contributed by atoms with Gasteiger partial charge in [0.1, 0.15) is 0 Å². The average molecular weight is 364 g/mol. The van der Waals surface area contributed by atoms with E-state index >= 15 is 0 Å². The molecule has 2 aliphatic heterocycles. The van der Waals surface area contributed by atoms with E-state index in [-0.39, 0.29) is 23.6 Å². The van der Waals surface area contributed by atoms with Gasteiger partial charge in [0.25, 0.3) is 5.91 Å². The number of halogens is 1. The van der Waals surface area contributed by atoms with Crippen molar-refractivity contribution in [2.45, 2.75) is 13.3 Å². The third kappa shape index (κ3) is 3.79. The lowest BCUT2D eigenvalue weighted by atomic mass is 10.1. The molecule has 2 heterocycles. The van der Waals surface area contributed by atoms with E-state index in [2.05, 4.69) is 0 Å². The SMILES string of the molecule is CCN1C[C@@H](C(=O)N2CCN(C(=O)c3cccc(Cl)c3)CC2)CC1=O. The van der Waals surface area contributed by atoms with Gasteiger partial charge in [-0.15, -0.1) is 0 Å². The summed E-state index contributed by atoms with van der Waals surface area (Å²) in [6.07, 6.45) is 0.300. The first kappa shape index (κ1) is 17.7. The van der Waals surface area contributed by atoms with Crippen molar-refractivity contribution in [2.75, 3.05) is 39.3 Å². The van der Waals surface area contributed by atoms with Crippen molar-refractivity contribution in [1.29, 1.82) is 0 Å². The van der Waals surface area contributed by atoms with Crippen LogP contribution in [0.1, 0.15) is 23.7 Å². The van der Waals surface area contributed by atoms with Crippen molar-refractivity contribution >= 4 is 29.3 Å².